The summed E-state index contributed by atoms with van der Waals surface area (Å²) in [7, 11) is 0. The van der Waals surface area contributed by atoms with Crippen LogP contribution in [0.3, 0.4) is 0 Å². The molecule has 1 heterocycles. The maximum atomic E-state index is 10.7. The Hall–Kier alpha value is -1.25. The second-order valence-corrected chi connectivity index (χ2v) is 2.17. The molecule has 1 aromatic heterocycles. The molecule has 0 bridgehead atoms. The van der Waals surface area contributed by atoms with Crippen molar-refractivity contribution in [2.45, 2.75) is 13.8 Å². The van der Waals surface area contributed by atoms with Crippen molar-refractivity contribution in [1.29, 1.82) is 0 Å². The van der Waals surface area contributed by atoms with Gasteiger partial charge in [0, 0.05) is 6.07 Å². The van der Waals surface area contributed by atoms with Gasteiger partial charge in [-0.2, -0.15) is 4.73 Å². The minimum atomic E-state index is -0.194. The minimum absolute atomic E-state index is 0.194. The third-order valence-electron chi connectivity index (χ3n) is 1.30. The largest absolute Gasteiger partial charge is 0.428 e. The summed E-state index contributed by atoms with van der Waals surface area (Å²) in [6.07, 6.45) is 0. The molecule has 0 aromatic carbocycles. The minimum Gasteiger partial charge on any atom is -0.428 e. The molecule has 0 amide bonds. The molecule has 0 aliphatic rings. The first kappa shape index (κ1) is 6.86. The average Bonchev–Trinajstić information content (AvgIpc) is 1.82. The highest BCUT2D eigenvalue weighted by atomic mass is 16.5. The molecule has 1 radical (unpaired) electrons. The van der Waals surface area contributed by atoms with E-state index in [1.165, 1.54) is 6.07 Å². The highest BCUT2D eigenvalue weighted by Crippen LogP contribution is 1.94. The van der Waals surface area contributed by atoms with Crippen molar-refractivity contribution >= 4 is 0 Å². The lowest BCUT2D eigenvalue weighted by Gasteiger charge is -2.03. The molecule has 0 saturated heterocycles. The molecule has 1 rings (SSSR count). The van der Waals surface area contributed by atoms with Crippen molar-refractivity contribution in [3.63, 3.8) is 0 Å². The number of pyridine rings is 1. The van der Waals surface area contributed by atoms with Crippen LogP contribution in [0.25, 0.3) is 0 Å². The Balaban J connectivity index is 3.46. The molecule has 0 spiro atoms. The molecule has 3 heteroatoms. The second kappa shape index (κ2) is 2.17. The lowest BCUT2D eigenvalue weighted by Crippen LogP contribution is -2.10. The summed E-state index contributed by atoms with van der Waals surface area (Å²) in [6.45, 7) is 3.27. The van der Waals surface area contributed by atoms with Crippen molar-refractivity contribution in [2.75, 3.05) is 0 Å². The normalized spacial score (nSPS) is 9.80. The zero-order chi connectivity index (χ0) is 7.72. The first-order valence-electron chi connectivity index (χ1n) is 2.93. The molecule has 0 atom stereocenters. The Morgan fingerprint density at radius 1 is 1.60 bits per heavy atom. The van der Waals surface area contributed by atoms with Crippen molar-refractivity contribution in [3.8, 4) is 0 Å². The van der Waals surface area contributed by atoms with Gasteiger partial charge in [0.15, 0.2) is 5.43 Å². The highest BCUT2D eigenvalue weighted by molar-refractivity contribution is 5.08. The molecule has 3 nitrogen and oxygen atoms in total. The second-order valence-electron chi connectivity index (χ2n) is 2.17. The first-order valence-corrected chi connectivity index (χ1v) is 2.93. The van der Waals surface area contributed by atoms with Crippen molar-refractivity contribution < 1.29 is 5.21 Å². The zero-order valence-electron chi connectivity index (χ0n) is 5.88. The van der Waals surface area contributed by atoms with Gasteiger partial charge < -0.3 is 5.21 Å². The predicted molar refractivity (Wildman–Crippen MR) is 36.2 cm³/mol. The van der Waals surface area contributed by atoms with Gasteiger partial charge in [0.1, 0.15) is 0 Å². The fraction of sp³-hybridized carbons (Fsp3) is 0.286. The third kappa shape index (κ3) is 1.03. The topological polar surface area (TPSA) is 42.2 Å². The quantitative estimate of drug-likeness (QED) is 0.530. The summed E-state index contributed by atoms with van der Waals surface area (Å²) >= 11 is 0. The van der Waals surface area contributed by atoms with Crippen LogP contribution in [0.2, 0.25) is 0 Å². The summed E-state index contributed by atoms with van der Waals surface area (Å²) < 4.78 is 0.932. The zero-order valence-corrected chi connectivity index (χ0v) is 5.88. The van der Waals surface area contributed by atoms with E-state index in [0.29, 0.717) is 11.4 Å². The van der Waals surface area contributed by atoms with E-state index in [0.717, 1.165) is 4.73 Å². The molecule has 0 fully saturated rings. The Kier molecular flexibility index (Phi) is 1.49. The van der Waals surface area contributed by atoms with Gasteiger partial charge in [-0.1, -0.05) is 0 Å². The van der Waals surface area contributed by atoms with Gasteiger partial charge in [-0.15, -0.1) is 0 Å². The number of rotatable bonds is 0. The average molecular weight is 138 g/mol. The van der Waals surface area contributed by atoms with Gasteiger partial charge in [-0.25, -0.2) is 0 Å². The Labute approximate surface area is 58.5 Å². The third-order valence-corrected chi connectivity index (χ3v) is 1.30. The van der Waals surface area contributed by atoms with E-state index in [2.05, 4.69) is 6.07 Å². The predicted octanol–water partition coefficient (Wildman–Crippen LogP) is 0.503. The van der Waals surface area contributed by atoms with Crippen molar-refractivity contribution in [2.24, 2.45) is 0 Å². The van der Waals surface area contributed by atoms with E-state index in [4.69, 9.17) is 5.21 Å². The molecular weight excluding hydrogens is 130 g/mol. The van der Waals surface area contributed by atoms with Crippen LogP contribution in [0.15, 0.2) is 10.9 Å². The molecule has 0 unspecified atom stereocenters. The van der Waals surface area contributed by atoms with E-state index in [-0.39, 0.29) is 5.43 Å². The molecule has 10 heavy (non-hydrogen) atoms. The smallest absolute Gasteiger partial charge is 0.190 e. The van der Waals surface area contributed by atoms with Crippen LogP contribution < -0.4 is 5.43 Å². The highest BCUT2D eigenvalue weighted by Gasteiger charge is 1.97. The van der Waals surface area contributed by atoms with E-state index < -0.39 is 0 Å². The van der Waals surface area contributed by atoms with Gasteiger partial charge >= 0.3 is 0 Å². The number of hydrogen-bond donors (Lipinski definition) is 1. The molecule has 1 aromatic rings. The van der Waals surface area contributed by atoms with Crippen LogP contribution >= 0.6 is 0 Å². The standard InChI is InChI=1S/C7H8NO2/c1-5-3-7(9)4-6(2)8(5)10/h3,10H,1-2H3. The number of aromatic nitrogens is 1. The Morgan fingerprint density at radius 3 is 2.70 bits per heavy atom. The number of hydrogen-bond acceptors (Lipinski definition) is 2. The summed E-state index contributed by atoms with van der Waals surface area (Å²) in [6, 6.07) is 3.76. The van der Waals surface area contributed by atoms with E-state index in [9.17, 15) is 4.79 Å². The van der Waals surface area contributed by atoms with Gasteiger partial charge in [0.25, 0.3) is 0 Å². The SMILES string of the molecule is Cc1[c]c(=O)cc(C)n1O. The van der Waals surface area contributed by atoms with Crippen LogP contribution in [0.4, 0.5) is 0 Å². The molecular formula is C7H8NO2. The van der Waals surface area contributed by atoms with Gasteiger partial charge in [-0.05, 0) is 13.8 Å². The van der Waals surface area contributed by atoms with Gasteiger partial charge in [0.05, 0.1) is 17.5 Å². The fourth-order valence-corrected chi connectivity index (χ4v) is 0.783. The lowest BCUT2D eigenvalue weighted by atomic mass is 10.3. The molecule has 0 aliphatic carbocycles. The van der Waals surface area contributed by atoms with Crippen LogP contribution in [-0.2, 0) is 0 Å². The monoisotopic (exact) mass is 138 g/mol. The Morgan fingerprint density at radius 2 is 2.20 bits per heavy atom. The number of aryl methyl sites for hydroxylation is 2. The van der Waals surface area contributed by atoms with Crippen molar-refractivity contribution in [1.82, 2.24) is 4.73 Å². The fourth-order valence-electron chi connectivity index (χ4n) is 0.783. The summed E-state index contributed by atoms with van der Waals surface area (Å²) in [5.41, 5.74) is 0.770. The van der Waals surface area contributed by atoms with Crippen LogP contribution in [0.1, 0.15) is 11.4 Å². The lowest BCUT2D eigenvalue weighted by molar-refractivity contribution is 0.170. The van der Waals surface area contributed by atoms with Crippen LogP contribution in [0, 0.1) is 19.9 Å². The number of nitrogens with zero attached hydrogens (tertiary/aromatic N) is 1. The first-order chi connectivity index (χ1) is 4.61. The van der Waals surface area contributed by atoms with Gasteiger partial charge in [0.2, 0.25) is 0 Å². The molecule has 1 N–H and O–H groups in total. The van der Waals surface area contributed by atoms with Crippen LogP contribution in [0.5, 0.6) is 0 Å². The summed E-state index contributed by atoms with van der Waals surface area (Å²) in [5, 5.41) is 9.08. The maximum absolute atomic E-state index is 10.7. The molecule has 0 saturated carbocycles. The maximum Gasteiger partial charge on any atom is 0.190 e. The molecule has 53 valence electrons. The van der Waals surface area contributed by atoms with E-state index in [1.54, 1.807) is 13.8 Å². The van der Waals surface area contributed by atoms with Crippen molar-refractivity contribution in [3.05, 3.63) is 33.7 Å². The van der Waals surface area contributed by atoms with Gasteiger partial charge in [-0.3, -0.25) is 4.79 Å². The summed E-state index contributed by atoms with van der Waals surface area (Å²) in [4.78, 5) is 10.7. The Bertz CT molecular complexity index is 275. The van der Waals surface area contributed by atoms with E-state index in [1.807, 2.05) is 0 Å². The molecule has 0 aliphatic heterocycles. The summed E-state index contributed by atoms with van der Waals surface area (Å²) in [5.74, 6) is 0. The van der Waals surface area contributed by atoms with Crippen LogP contribution in [-0.4, -0.2) is 9.94 Å². The van der Waals surface area contributed by atoms with E-state index >= 15 is 0 Å².